The third-order valence-electron chi connectivity index (χ3n) is 2.74. The maximum absolute atomic E-state index is 11.5. The lowest BCUT2D eigenvalue weighted by Gasteiger charge is -2.14. The van der Waals surface area contributed by atoms with Gasteiger partial charge in [0.2, 0.25) is 5.91 Å². The number of amides is 3. The number of rotatable bonds is 6. The first-order chi connectivity index (χ1) is 8.45. The molecular formula is C12H18N2O3S. The highest BCUT2D eigenvalue weighted by Gasteiger charge is 2.28. The fourth-order valence-electron chi connectivity index (χ4n) is 1.49. The van der Waals surface area contributed by atoms with Crippen molar-refractivity contribution in [2.75, 3.05) is 19.3 Å². The first-order valence-corrected chi connectivity index (χ1v) is 7.08. The van der Waals surface area contributed by atoms with Gasteiger partial charge in [-0.1, -0.05) is 6.92 Å². The number of hydrogen-bond donors (Lipinski definition) is 1. The molecule has 18 heavy (non-hydrogen) atoms. The van der Waals surface area contributed by atoms with E-state index in [1.165, 1.54) is 6.08 Å². The lowest BCUT2D eigenvalue weighted by molar-refractivity contribution is -0.137. The summed E-state index contributed by atoms with van der Waals surface area (Å²) in [5.41, 5.74) is 0.427. The average Bonchev–Trinajstić information content (AvgIpc) is 2.58. The molecule has 1 N–H and O–H groups in total. The fraction of sp³-hybridized carbons (Fsp3) is 0.583. The fourth-order valence-corrected chi connectivity index (χ4v) is 1.74. The van der Waals surface area contributed by atoms with Crippen molar-refractivity contribution in [2.45, 2.75) is 25.5 Å². The molecule has 1 aliphatic heterocycles. The van der Waals surface area contributed by atoms with Gasteiger partial charge >= 0.3 is 0 Å². The van der Waals surface area contributed by atoms with E-state index in [4.69, 9.17) is 0 Å². The molecule has 0 spiro atoms. The Bertz CT molecular complexity index is 393. The molecule has 5 nitrogen and oxygen atoms in total. The Morgan fingerprint density at radius 2 is 2.17 bits per heavy atom. The van der Waals surface area contributed by atoms with Gasteiger partial charge in [0.05, 0.1) is 0 Å². The van der Waals surface area contributed by atoms with Crippen molar-refractivity contribution in [2.24, 2.45) is 0 Å². The van der Waals surface area contributed by atoms with Crippen molar-refractivity contribution in [3.05, 3.63) is 11.6 Å². The summed E-state index contributed by atoms with van der Waals surface area (Å²) in [4.78, 5) is 35.6. The second-order valence-electron chi connectivity index (χ2n) is 4.22. The van der Waals surface area contributed by atoms with E-state index < -0.39 is 0 Å². The Balaban J connectivity index is 2.32. The third kappa shape index (κ3) is 3.87. The van der Waals surface area contributed by atoms with E-state index in [0.717, 1.165) is 4.90 Å². The molecule has 3 amide bonds. The summed E-state index contributed by atoms with van der Waals surface area (Å²) in [6.45, 7) is 4.36. The van der Waals surface area contributed by atoms with Gasteiger partial charge in [0.15, 0.2) is 0 Å². The van der Waals surface area contributed by atoms with Crippen molar-refractivity contribution in [1.82, 2.24) is 10.2 Å². The number of nitrogens with zero attached hydrogens (tertiary/aromatic N) is 1. The van der Waals surface area contributed by atoms with Gasteiger partial charge in [-0.2, -0.15) is 11.8 Å². The number of nitrogens with one attached hydrogen (secondary N) is 1. The van der Waals surface area contributed by atoms with Crippen molar-refractivity contribution >= 4 is 29.5 Å². The monoisotopic (exact) mass is 270 g/mol. The molecule has 0 radical (unpaired) electrons. The minimum absolute atomic E-state index is 0.138. The van der Waals surface area contributed by atoms with Crippen molar-refractivity contribution in [1.29, 1.82) is 0 Å². The SMILES string of the molecule is CSC(C)CNC(=O)CCN1C(=O)C=C(C)C1=O. The second-order valence-corrected chi connectivity index (χ2v) is 5.50. The zero-order valence-electron chi connectivity index (χ0n) is 10.9. The first kappa shape index (κ1) is 14.8. The predicted octanol–water partition coefficient (Wildman–Crippen LogP) is 0.559. The van der Waals surface area contributed by atoms with E-state index >= 15 is 0 Å². The van der Waals surface area contributed by atoms with E-state index in [1.807, 2.05) is 13.2 Å². The van der Waals surface area contributed by atoms with Gasteiger partial charge in [-0.05, 0) is 13.2 Å². The summed E-state index contributed by atoms with van der Waals surface area (Å²) in [6.07, 6.45) is 3.43. The van der Waals surface area contributed by atoms with Gasteiger partial charge in [0.25, 0.3) is 11.8 Å². The summed E-state index contributed by atoms with van der Waals surface area (Å²) in [5, 5.41) is 3.13. The predicted molar refractivity (Wildman–Crippen MR) is 71.1 cm³/mol. The summed E-state index contributed by atoms with van der Waals surface area (Å²) in [6, 6.07) is 0. The summed E-state index contributed by atoms with van der Waals surface area (Å²) in [7, 11) is 0. The van der Waals surface area contributed by atoms with Crippen LogP contribution in [-0.2, 0) is 14.4 Å². The van der Waals surface area contributed by atoms with E-state index in [1.54, 1.807) is 18.7 Å². The van der Waals surface area contributed by atoms with Crippen LogP contribution in [0.2, 0.25) is 0 Å². The maximum atomic E-state index is 11.5. The van der Waals surface area contributed by atoms with Gasteiger partial charge in [-0.15, -0.1) is 0 Å². The highest BCUT2D eigenvalue weighted by molar-refractivity contribution is 7.99. The summed E-state index contributed by atoms with van der Waals surface area (Å²) >= 11 is 1.67. The molecule has 0 aromatic carbocycles. The van der Waals surface area contributed by atoms with Crippen molar-refractivity contribution in [3.63, 3.8) is 0 Å². The Labute approximate surface area is 111 Å². The van der Waals surface area contributed by atoms with Crippen LogP contribution in [0.25, 0.3) is 0 Å². The molecule has 0 bridgehead atoms. The second kappa shape index (κ2) is 6.58. The van der Waals surface area contributed by atoms with Crippen LogP contribution < -0.4 is 5.32 Å². The Morgan fingerprint density at radius 3 is 2.67 bits per heavy atom. The molecule has 1 unspecified atom stereocenters. The molecule has 1 rings (SSSR count). The number of hydrogen-bond acceptors (Lipinski definition) is 4. The minimum atomic E-state index is -0.331. The van der Waals surface area contributed by atoms with Gasteiger partial charge in [-0.25, -0.2) is 0 Å². The van der Waals surface area contributed by atoms with E-state index in [-0.39, 0.29) is 30.7 Å². The summed E-state index contributed by atoms with van der Waals surface area (Å²) in [5.74, 6) is -0.769. The number of carbonyl (C=O) groups excluding carboxylic acids is 3. The van der Waals surface area contributed by atoms with E-state index in [9.17, 15) is 14.4 Å². The molecular weight excluding hydrogens is 252 g/mol. The lowest BCUT2D eigenvalue weighted by Crippen LogP contribution is -2.36. The lowest BCUT2D eigenvalue weighted by atomic mass is 10.3. The Morgan fingerprint density at radius 1 is 1.50 bits per heavy atom. The highest BCUT2D eigenvalue weighted by atomic mass is 32.2. The van der Waals surface area contributed by atoms with Crippen LogP contribution in [0, 0.1) is 0 Å². The number of thioether (sulfide) groups is 1. The standard InChI is InChI=1S/C12H18N2O3S/c1-8-6-11(16)14(12(8)17)5-4-10(15)13-7-9(2)18-3/h6,9H,4-5,7H2,1-3H3,(H,13,15). The molecule has 6 heteroatoms. The van der Waals surface area contributed by atoms with Crippen LogP contribution in [0.4, 0.5) is 0 Å². The molecule has 0 aromatic rings. The summed E-state index contributed by atoms with van der Waals surface area (Å²) < 4.78 is 0. The van der Waals surface area contributed by atoms with Crippen LogP contribution >= 0.6 is 11.8 Å². The van der Waals surface area contributed by atoms with Crippen LogP contribution in [0.3, 0.4) is 0 Å². The zero-order chi connectivity index (χ0) is 13.7. The molecule has 0 aromatic heterocycles. The van der Waals surface area contributed by atoms with Crippen LogP contribution in [0.1, 0.15) is 20.3 Å². The number of carbonyl (C=O) groups is 3. The van der Waals surface area contributed by atoms with E-state index in [0.29, 0.717) is 17.4 Å². The largest absolute Gasteiger partial charge is 0.355 e. The molecule has 100 valence electrons. The average molecular weight is 270 g/mol. The molecule has 1 heterocycles. The smallest absolute Gasteiger partial charge is 0.256 e. The first-order valence-electron chi connectivity index (χ1n) is 5.79. The Hall–Kier alpha value is -1.30. The topological polar surface area (TPSA) is 66.5 Å². The van der Waals surface area contributed by atoms with Gasteiger partial charge in [0.1, 0.15) is 0 Å². The van der Waals surface area contributed by atoms with Gasteiger partial charge in [-0.3, -0.25) is 19.3 Å². The molecule has 0 aliphatic carbocycles. The molecule has 1 aliphatic rings. The maximum Gasteiger partial charge on any atom is 0.256 e. The normalized spacial score (nSPS) is 16.8. The van der Waals surface area contributed by atoms with Crippen LogP contribution in [-0.4, -0.2) is 47.2 Å². The molecule has 0 fully saturated rings. The Kier molecular flexibility index (Phi) is 5.40. The van der Waals surface area contributed by atoms with Crippen LogP contribution in [0.15, 0.2) is 11.6 Å². The zero-order valence-corrected chi connectivity index (χ0v) is 11.7. The molecule has 0 saturated heterocycles. The van der Waals surface area contributed by atoms with Crippen LogP contribution in [0.5, 0.6) is 0 Å². The third-order valence-corrected chi connectivity index (χ3v) is 3.71. The highest BCUT2D eigenvalue weighted by Crippen LogP contribution is 2.12. The van der Waals surface area contributed by atoms with Crippen molar-refractivity contribution in [3.8, 4) is 0 Å². The van der Waals surface area contributed by atoms with E-state index in [2.05, 4.69) is 5.32 Å². The van der Waals surface area contributed by atoms with Gasteiger partial charge < -0.3 is 5.32 Å². The van der Waals surface area contributed by atoms with Gasteiger partial charge in [0, 0.05) is 36.4 Å². The van der Waals surface area contributed by atoms with Crippen molar-refractivity contribution < 1.29 is 14.4 Å². The number of imide groups is 1. The minimum Gasteiger partial charge on any atom is -0.355 e. The quantitative estimate of drug-likeness (QED) is 0.716. The molecule has 1 atom stereocenters. The molecule has 0 saturated carbocycles.